The molecule has 0 spiro atoms. The van der Waals surface area contributed by atoms with Crippen LogP contribution in [0.15, 0.2) is 16.6 Å². The van der Waals surface area contributed by atoms with Crippen molar-refractivity contribution in [3.63, 3.8) is 0 Å². The van der Waals surface area contributed by atoms with Crippen LogP contribution in [0.3, 0.4) is 0 Å². The molecule has 0 N–H and O–H groups in total. The minimum absolute atomic E-state index is 0.102. The van der Waals surface area contributed by atoms with Gasteiger partial charge in [0, 0.05) is 11.6 Å². The third-order valence-corrected chi connectivity index (χ3v) is 5.30. The predicted octanol–water partition coefficient (Wildman–Crippen LogP) is 5.53. The Balaban J connectivity index is 2.32. The van der Waals surface area contributed by atoms with Crippen LogP contribution >= 0.6 is 27.5 Å². The minimum atomic E-state index is -0.282. The van der Waals surface area contributed by atoms with Crippen LogP contribution in [0.25, 0.3) is 11.0 Å². The first-order valence-corrected chi connectivity index (χ1v) is 8.23. The molecule has 1 unspecified atom stereocenters. The maximum absolute atomic E-state index is 13.7. The lowest BCUT2D eigenvalue weighted by atomic mass is 9.74. The average Bonchev–Trinajstić information content (AvgIpc) is 2.69. The normalized spacial score (nSPS) is 19.1. The molecule has 2 aromatic rings. The van der Waals surface area contributed by atoms with Crippen molar-refractivity contribution in [2.75, 3.05) is 0 Å². The van der Waals surface area contributed by atoms with E-state index in [0.29, 0.717) is 9.99 Å². The fraction of sp³-hybridized carbons (Fsp3) is 0.533. The maximum atomic E-state index is 13.7. The van der Waals surface area contributed by atoms with E-state index >= 15 is 0 Å². The van der Waals surface area contributed by atoms with Crippen LogP contribution in [-0.2, 0) is 5.54 Å². The van der Waals surface area contributed by atoms with Gasteiger partial charge in [0.15, 0.2) is 0 Å². The van der Waals surface area contributed by atoms with Gasteiger partial charge >= 0.3 is 0 Å². The van der Waals surface area contributed by atoms with Gasteiger partial charge < -0.3 is 4.57 Å². The number of halogens is 3. The van der Waals surface area contributed by atoms with Crippen molar-refractivity contribution in [3.8, 4) is 0 Å². The monoisotopic (exact) mass is 358 g/mol. The minimum Gasteiger partial charge on any atom is -0.320 e. The Bertz CT molecular complexity index is 656. The quantitative estimate of drug-likeness (QED) is 0.659. The summed E-state index contributed by atoms with van der Waals surface area (Å²) in [6, 6.07) is 3.32. The molecule has 0 amide bonds. The molecule has 1 aromatic carbocycles. The van der Waals surface area contributed by atoms with E-state index in [9.17, 15) is 4.39 Å². The Hall–Kier alpha value is -0.610. The third kappa shape index (κ3) is 2.00. The molecule has 0 saturated heterocycles. The Kier molecular flexibility index (Phi) is 3.57. The molecule has 1 aliphatic rings. The zero-order chi connectivity index (χ0) is 14.5. The van der Waals surface area contributed by atoms with Crippen molar-refractivity contribution < 1.29 is 4.39 Å². The summed E-state index contributed by atoms with van der Waals surface area (Å²) in [5, 5.41) is -0.187. The summed E-state index contributed by atoms with van der Waals surface area (Å²) in [6.45, 7) is 4.12. The summed E-state index contributed by atoms with van der Waals surface area (Å²) in [5.74, 6) is 0.566. The van der Waals surface area contributed by atoms with E-state index in [1.807, 2.05) is 13.0 Å². The molecular weight excluding hydrogens is 343 g/mol. The van der Waals surface area contributed by atoms with Crippen LogP contribution < -0.4 is 0 Å². The number of alkyl halides is 1. The lowest BCUT2D eigenvalue weighted by Gasteiger charge is -2.44. The molecule has 0 bridgehead atoms. The largest absolute Gasteiger partial charge is 0.320 e. The first-order chi connectivity index (χ1) is 9.48. The lowest BCUT2D eigenvalue weighted by Crippen LogP contribution is -2.41. The Labute approximate surface area is 131 Å². The molecule has 3 rings (SSSR count). The van der Waals surface area contributed by atoms with Gasteiger partial charge in [-0.15, -0.1) is 11.6 Å². The van der Waals surface area contributed by atoms with Crippen molar-refractivity contribution in [1.29, 1.82) is 0 Å². The van der Waals surface area contributed by atoms with E-state index in [2.05, 4.69) is 32.4 Å². The number of hydrogen-bond donors (Lipinski definition) is 0. The second kappa shape index (κ2) is 4.99. The van der Waals surface area contributed by atoms with Crippen LogP contribution in [0, 0.1) is 5.82 Å². The van der Waals surface area contributed by atoms with Gasteiger partial charge in [0.05, 0.1) is 20.9 Å². The Morgan fingerprint density at radius 3 is 2.70 bits per heavy atom. The molecule has 1 saturated carbocycles. The number of hydrogen-bond acceptors (Lipinski definition) is 1. The van der Waals surface area contributed by atoms with E-state index in [4.69, 9.17) is 11.6 Å². The van der Waals surface area contributed by atoms with Crippen molar-refractivity contribution in [3.05, 3.63) is 28.2 Å². The standard InChI is InChI=1S/C15H17BrClFN2/c1-3-15(5-4-6-15)20-13-7-10(16)11(18)8-12(13)19-14(20)9(2)17/h7-9H,3-6H2,1-2H3. The molecule has 5 heteroatoms. The van der Waals surface area contributed by atoms with E-state index in [-0.39, 0.29) is 16.7 Å². The van der Waals surface area contributed by atoms with Crippen molar-refractivity contribution >= 4 is 38.6 Å². The number of nitrogens with zero attached hydrogens (tertiary/aromatic N) is 2. The number of rotatable bonds is 3. The molecule has 1 aliphatic carbocycles. The average molecular weight is 360 g/mol. The van der Waals surface area contributed by atoms with Crippen LogP contribution in [0.5, 0.6) is 0 Å². The maximum Gasteiger partial charge on any atom is 0.139 e. The van der Waals surface area contributed by atoms with Crippen LogP contribution in [0.2, 0.25) is 0 Å². The van der Waals surface area contributed by atoms with Gasteiger partial charge in [0.2, 0.25) is 0 Å². The second-order valence-corrected chi connectivity index (χ2v) is 7.12. The highest BCUT2D eigenvalue weighted by Crippen LogP contribution is 2.46. The van der Waals surface area contributed by atoms with Gasteiger partial charge in [0.25, 0.3) is 0 Å². The predicted molar refractivity (Wildman–Crippen MR) is 83.8 cm³/mol. The van der Waals surface area contributed by atoms with Gasteiger partial charge in [-0.2, -0.15) is 0 Å². The highest BCUT2D eigenvalue weighted by molar-refractivity contribution is 9.10. The van der Waals surface area contributed by atoms with E-state index in [1.54, 1.807) is 0 Å². The van der Waals surface area contributed by atoms with E-state index in [0.717, 1.165) is 30.6 Å². The van der Waals surface area contributed by atoms with Crippen LogP contribution in [-0.4, -0.2) is 9.55 Å². The first kappa shape index (κ1) is 14.3. The molecule has 0 radical (unpaired) electrons. The smallest absolute Gasteiger partial charge is 0.139 e. The summed E-state index contributed by atoms with van der Waals surface area (Å²) >= 11 is 9.59. The first-order valence-electron chi connectivity index (χ1n) is 7.00. The highest BCUT2D eigenvalue weighted by atomic mass is 79.9. The molecule has 1 atom stereocenters. The summed E-state index contributed by atoms with van der Waals surface area (Å²) in [7, 11) is 0. The molecule has 1 heterocycles. The topological polar surface area (TPSA) is 17.8 Å². The number of fused-ring (bicyclic) bond motifs is 1. The summed E-state index contributed by atoms with van der Waals surface area (Å²) in [6.07, 6.45) is 4.55. The van der Waals surface area contributed by atoms with Crippen LogP contribution in [0.1, 0.15) is 50.7 Å². The fourth-order valence-electron chi connectivity index (χ4n) is 3.18. The fourth-order valence-corrected chi connectivity index (χ4v) is 3.65. The Morgan fingerprint density at radius 2 is 2.20 bits per heavy atom. The van der Waals surface area contributed by atoms with Gasteiger partial charge in [-0.25, -0.2) is 9.37 Å². The molecule has 2 nitrogen and oxygen atoms in total. The molecule has 1 fully saturated rings. The van der Waals surface area contributed by atoms with Gasteiger partial charge in [-0.05, 0) is 54.6 Å². The zero-order valence-electron chi connectivity index (χ0n) is 11.6. The van der Waals surface area contributed by atoms with Gasteiger partial charge in [0.1, 0.15) is 11.6 Å². The van der Waals surface area contributed by atoms with Crippen molar-refractivity contribution in [1.82, 2.24) is 9.55 Å². The van der Waals surface area contributed by atoms with Gasteiger partial charge in [-0.1, -0.05) is 6.92 Å². The van der Waals surface area contributed by atoms with Gasteiger partial charge in [-0.3, -0.25) is 0 Å². The van der Waals surface area contributed by atoms with E-state index < -0.39 is 0 Å². The number of imidazole rings is 1. The molecule has 20 heavy (non-hydrogen) atoms. The number of aromatic nitrogens is 2. The highest BCUT2D eigenvalue weighted by Gasteiger charge is 2.40. The molecule has 108 valence electrons. The SMILES string of the molecule is CCC1(n2c(C(C)Cl)nc3cc(F)c(Br)cc32)CCC1. The zero-order valence-corrected chi connectivity index (χ0v) is 13.9. The summed E-state index contributed by atoms with van der Waals surface area (Å²) < 4.78 is 16.5. The Morgan fingerprint density at radius 1 is 1.50 bits per heavy atom. The second-order valence-electron chi connectivity index (χ2n) is 5.61. The number of benzene rings is 1. The van der Waals surface area contributed by atoms with Crippen LogP contribution in [0.4, 0.5) is 4.39 Å². The molecular formula is C15H17BrClFN2. The molecule has 0 aliphatic heterocycles. The summed E-state index contributed by atoms with van der Waals surface area (Å²) in [4.78, 5) is 4.58. The van der Waals surface area contributed by atoms with Crippen molar-refractivity contribution in [2.45, 2.75) is 50.4 Å². The summed E-state index contributed by atoms with van der Waals surface area (Å²) in [5.41, 5.74) is 1.76. The molecule has 1 aromatic heterocycles. The van der Waals surface area contributed by atoms with E-state index in [1.165, 1.54) is 12.5 Å². The van der Waals surface area contributed by atoms with Crippen molar-refractivity contribution in [2.24, 2.45) is 0 Å². The third-order valence-electron chi connectivity index (χ3n) is 4.49. The lowest BCUT2D eigenvalue weighted by molar-refractivity contribution is 0.137.